The summed E-state index contributed by atoms with van der Waals surface area (Å²) in [7, 11) is 0. The highest BCUT2D eigenvalue weighted by molar-refractivity contribution is 7.99. The molecule has 2 heterocycles. The van der Waals surface area contributed by atoms with Crippen LogP contribution in [0.5, 0.6) is 0 Å². The molecule has 0 saturated heterocycles. The van der Waals surface area contributed by atoms with Crippen LogP contribution < -0.4 is 5.32 Å². The van der Waals surface area contributed by atoms with Gasteiger partial charge < -0.3 is 9.88 Å². The maximum atomic E-state index is 12.3. The average Bonchev–Trinajstić information content (AvgIpc) is 3.06. The average molecular weight is 367 g/mol. The van der Waals surface area contributed by atoms with Gasteiger partial charge in [0.25, 0.3) is 0 Å². The molecule has 0 aliphatic rings. The fourth-order valence-electron chi connectivity index (χ4n) is 2.64. The van der Waals surface area contributed by atoms with Gasteiger partial charge in [-0.1, -0.05) is 35.5 Å². The Balaban J connectivity index is 1.68. The molecular weight excluding hydrogens is 346 g/mol. The van der Waals surface area contributed by atoms with E-state index in [-0.39, 0.29) is 11.7 Å². The summed E-state index contributed by atoms with van der Waals surface area (Å²) in [6.45, 7) is 6.75. The minimum Gasteiger partial charge on any atom is -0.325 e. The number of hydrogen-bond acceptors (Lipinski definition) is 5. The molecule has 0 saturated carbocycles. The lowest BCUT2D eigenvalue weighted by Crippen LogP contribution is -2.15. The first-order chi connectivity index (χ1) is 12.6. The summed E-state index contributed by atoms with van der Waals surface area (Å²) < 4.78 is 1.97. The molecule has 3 aromatic rings. The molecule has 2 aromatic heterocycles. The van der Waals surface area contributed by atoms with Gasteiger partial charge in [0.05, 0.1) is 5.75 Å². The predicted octanol–water partition coefficient (Wildman–Crippen LogP) is 3.71. The maximum absolute atomic E-state index is 12.3. The van der Waals surface area contributed by atoms with Crippen LogP contribution in [0.3, 0.4) is 0 Å². The van der Waals surface area contributed by atoms with Crippen LogP contribution in [0.2, 0.25) is 0 Å². The number of hydrogen-bond donors (Lipinski definition) is 1. The Kier molecular flexibility index (Phi) is 5.68. The van der Waals surface area contributed by atoms with E-state index in [9.17, 15) is 4.79 Å². The summed E-state index contributed by atoms with van der Waals surface area (Å²) in [6, 6.07) is 11.7. The Hall–Kier alpha value is -2.67. The largest absolute Gasteiger partial charge is 0.325 e. The van der Waals surface area contributed by atoms with Gasteiger partial charge in [-0.3, -0.25) is 9.78 Å². The number of nitrogens with one attached hydrogen (secondary N) is 1. The van der Waals surface area contributed by atoms with Crippen LogP contribution in [-0.4, -0.2) is 31.4 Å². The first-order valence-corrected chi connectivity index (χ1v) is 9.41. The van der Waals surface area contributed by atoms with Gasteiger partial charge in [-0.15, -0.1) is 10.2 Å². The van der Waals surface area contributed by atoms with Crippen molar-refractivity contribution in [2.24, 2.45) is 0 Å². The number of carbonyl (C=O) groups is 1. The third kappa shape index (κ3) is 4.11. The van der Waals surface area contributed by atoms with Gasteiger partial charge in [-0.2, -0.15) is 0 Å². The molecule has 0 bridgehead atoms. The van der Waals surface area contributed by atoms with Crippen LogP contribution in [0.25, 0.3) is 11.5 Å². The third-order valence-electron chi connectivity index (χ3n) is 3.92. The second kappa shape index (κ2) is 8.14. The van der Waals surface area contributed by atoms with E-state index in [2.05, 4.69) is 26.6 Å². The molecule has 0 aliphatic heterocycles. The first-order valence-electron chi connectivity index (χ1n) is 8.43. The zero-order chi connectivity index (χ0) is 18.5. The summed E-state index contributed by atoms with van der Waals surface area (Å²) in [5, 5.41) is 12.1. The van der Waals surface area contributed by atoms with Crippen molar-refractivity contribution >= 4 is 23.4 Å². The van der Waals surface area contributed by atoms with Gasteiger partial charge in [0.15, 0.2) is 11.0 Å². The van der Waals surface area contributed by atoms with Crippen molar-refractivity contribution < 1.29 is 4.79 Å². The molecule has 1 aromatic carbocycles. The Morgan fingerprint density at radius 1 is 1.19 bits per heavy atom. The van der Waals surface area contributed by atoms with Crippen LogP contribution in [-0.2, 0) is 11.3 Å². The Bertz CT molecular complexity index is 908. The van der Waals surface area contributed by atoms with Crippen molar-refractivity contribution in [3.63, 3.8) is 0 Å². The van der Waals surface area contributed by atoms with Crippen LogP contribution in [0, 0.1) is 13.8 Å². The van der Waals surface area contributed by atoms with Crippen LogP contribution in [0.1, 0.15) is 18.1 Å². The highest BCUT2D eigenvalue weighted by Crippen LogP contribution is 2.23. The molecule has 26 heavy (non-hydrogen) atoms. The van der Waals surface area contributed by atoms with Gasteiger partial charge in [0, 0.05) is 18.4 Å². The molecule has 1 amide bonds. The lowest BCUT2D eigenvalue weighted by molar-refractivity contribution is -0.113. The number of aryl methyl sites for hydroxylation is 2. The minimum atomic E-state index is -0.0630. The lowest BCUT2D eigenvalue weighted by Gasteiger charge is -2.09. The van der Waals surface area contributed by atoms with Crippen molar-refractivity contribution in [2.45, 2.75) is 32.5 Å². The highest BCUT2D eigenvalue weighted by atomic mass is 32.2. The molecular formula is C19H21N5OS. The van der Waals surface area contributed by atoms with Crippen molar-refractivity contribution in [1.82, 2.24) is 19.7 Å². The maximum Gasteiger partial charge on any atom is 0.234 e. The van der Waals surface area contributed by atoms with E-state index in [1.54, 1.807) is 6.20 Å². The summed E-state index contributed by atoms with van der Waals surface area (Å²) in [5.74, 6) is 0.922. The fraction of sp³-hybridized carbons (Fsp3) is 0.263. The fourth-order valence-corrected chi connectivity index (χ4v) is 3.44. The molecule has 0 radical (unpaired) electrons. The van der Waals surface area contributed by atoms with E-state index in [4.69, 9.17) is 0 Å². The van der Waals surface area contributed by atoms with Gasteiger partial charge >= 0.3 is 0 Å². The second-order valence-electron chi connectivity index (χ2n) is 5.92. The molecule has 0 atom stereocenters. The number of pyridine rings is 1. The number of thioether (sulfide) groups is 1. The molecule has 134 valence electrons. The highest BCUT2D eigenvalue weighted by Gasteiger charge is 2.15. The van der Waals surface area contributed by atoms with Crippen molar-refractivity contribution in [2.75, 3.05) is 11.1 Å². The molecule has 6 nitrogen and oxygen atoms in total. The van der Waals surface area contributed by atoms with Crippen molar-refractivity contribution in [3.8, 4) is 11.5 Å². The summed E-state index contributed by atoms with van der Waals surface area (Å²) in [6.07, 6.45) is 1.73. The van der Waals surface area contributed by atoms with E-state index in [1.807, 2.05) is 55.7 Å². The van der Waals surface area contributed by atoms with Crippen LogP contribution in [0.4, 0.5) is 5.69 Å². The zero-order valence-corrected chi connectivity index (χ0v) is 15.9. The summed E-state index contributed by atoms with van der Waals surface area (Å²) in [4.78, 5) is 16.6. The SMILES string of the molecule is CCn1c(SCC(=O)Nc2ccc(C)cc2C)nnc1-c1ccccn1. The van der Waals surface area contributed by atoms with Gasteiger partial charge in [0.1, 0.15) is 5.69 Å². The second-order valence-corrected chi connectivity index (χ2v) is 6.86. The Labute approximate surface area is 157 Å². The molecule has 0 spiro atoms. The van der Waals surface area contributed by atoms with Crippen molar-refractivity contribution in [1.29, 1.82) is 0 Å². The topological polar surface area (TPSA) is 72.7 Å². The van der Waals surface area contributed by atoms with E-state index in [1.165, 1.54) is 17.3 Å². The smallest absolute Gasteiger partial charge is 0.234 e. The number of amides is 1. The van der Waals surface area contributed by atoms with Gasteiger partial charge in [-0.25, -0.2) is 0 Å². The molecule has 0 unspecified atom stereocenters. The van der Waals surface area contributed by atoms with Crippen LogP contribution >= 0.6 is 11.8 Å². The predicted molar refractivity (Wildman–Crippen MR) is 104 cm³/mol. The summed E-state index contributed by atoms with van der Waals surface area (Å²) in [5.41, 5.74) is 3.84. The Morgan fingerprint density at radius 3 is 2.73 bits per heavy atom. The van der Waals surface area contributed by atoms with Crippen molar-refractivity contribution in [3.05, 3.63) is 53.7 Å². The van der Waals surface area contributed by atoms with E-state index in [0.29, 0.717) is 17.5 Å². The number of nitrogens with zero attached hydrogens (tertiary/aromatic N) is 4. The van der Waals surface area contributed by atoms with E-state index >= 15 is 0 Å². The third-order valence-corrected chi connectivity index (χ3v) is 4.88. The minimum absolute atomic E-state index is 0.0630. The molecule has 3 rings (SSSR count). The van der Waals surface area contributed by atoms with E-state index in [0.717, 1.165) is 16.9 Å². The number of rotatable bonds is 6. The zero-order valence-electron chi connectivity index (χ0n) is 15.1. The normalized spacial score (nSPS) is 10.7. The first kappa shape index (κ1) is 18.1. The summed E-state index contributed by atoms with van der Waals surface area (Å²) >= 11 is 1.37. The molecule has 0 aliphatic carbocycles. The monoisotopic (exact) mass is 367 g/mol. The molecule has 7 heteroatoms. The van der Waals surface area contributed by atoms with Gasteiger partial charge in [-0.05, 0) is 44.5 Å². The van der Waals surface area contributed by atoms with E-state index < -0.39 is 0 Å². The number of carbonyl (C=O) groups excluding carboxylic acids is 1. The number of aromatic nitrogens is 4. The van der Waals surface area contributed by atoms with Crippen LogP contribution in [0.15, 0.2) is 47.8 Å². The quantitative estimate of drug-likeness (QED) is 0.673. The number of benzene rings is 1. The molecule has 1 N–H and O–H groups in total. The number of anilines is 1. The molecule has 0 fully saturated rings. The standard InChI is InChI=1S/C19H21N5OS/c1-4-24-18(16-7-5-6-10-20-16)22-23-19(24)26-12-17(25)21-15-9-8-13(2)11-14(15)3/h5-11H,4,12H2,1-3H3,(H,21,25). The van der Waals surface area contributed by atoms with Gasteiger partial charge in [0.2, 0.25) is 5.91 Å². The lowest BCUT2D eigenvalue weighted by atomic mass is 10.1. The Morgan fingerprint density at radius 2 is 2.04 bits per heavy atom.